The number of pyridine rings is 1. The van der Waals surface area contributed by atoms with Crippen LogP contribution in [-0.4, -0.2) is 18.9 Å². The summed E-state index contributed by atoms with van der Waals surface area (Å²) in [5.41, 5.74) is 1.43. The van der Waals surface area contributed by atoms with Gasteiger partial charge in [-0.15, -0.1) is 0 Å². The van der Waals surface area contributed by atoms with Crippen molar-refractivity contribution in [3.8, 4) is 0 Å². The topological polar surface area (TPSA) is 64.2 Å². The molecule has 7 heteroatoms. The summed E-state index contributed by atoms with van der Waals surface area (Å²) in [7, 11) is 1.68. The Labute approximate surface area is 116 Å². The highest BCUT2D eigenvalue weighted by atomic mass is 79.9. The van der Waals surface area contributed by atoms with Gasteiger partial charge in [0, 0.05) is 31.8 Å². The maximum absolute atomic E-state index is 11.9. The normalized spacial score (nSPS) is 10.8. The van der Waals surface area contributed by atoms with Crippen LogP contribution in [0.5, 0.6) is 0 Å². The Morgan fingerprint density at radius 3 is 3.00 bits per heavy atom. The van der Waals surface area contributed by atoms with Gasteiger partial charge in [0.1, 0.15) is 10.3 Å². The molecule has 0 fully saturated rings. The van der Waals surface area contributed by atoms with Crippen LogP contribution in [0.25, 0.3) is 5.65 Å². The summed E-state index contributed by atoms with van der Waals surface area (Å²) in [6, 6.07) is 3.72. The summed E-state index contributed by atoms with van der Waals surface area (Å²) >= 11 is 3.27. The van der Waals surface area contributed by atoms with Crippen molar-refractivity contribution < 1.29 is 0 Å². The van der Waals surface area contributed by atoms with E-state index >= 15 is 0 Å². The summed E-state index contributed by atoms with van der Waals surface area (Å²) < 4.78 is 3.93. The van der Waals surface area contributed by atoms with Gasteiger partial charge in [-0.25, -0.2) is 9.97 Å². The summed E-state index contributed by atoms with van der Waals surface area (Å²) in [6.07, 6.45) is 7.03. The number of imidazole rings is 1. The van der Waals surface area contributed by atoms with Gasteiger partial charge in [0.15, 0.2) is 5.82 Å². The zero-order valence-electron chi connectivity index (χ0n) is 10.0. The zero-order valence-corrected chi connectivity index (χ0v) is 11.6. The average molecular weight is 320 g/mol. The number of anilines is 2. The first-order valence-electron chi connectivity index (χ1n) is 5.56. The van der Waals surface area contributed by atoms with Crippen LogP contribution in [0.3, 0.4) is 0 Å². The molecule has 19 heavy (non-hydrogen) atoms. The van der Waals surface area contributed by atoms with Crippen molar-refractivity contribution in [1.82, 2.24) is 18.9 Å². The number of fused-ring (bicyclic) bond motifs is 1. The smallest absolute Gasteiger partial charge is 0.293 e. The molecular formula is C12H10BrN5O. The molecule has 0 radical (unpaired) electrons. The minimum absolute atomic E-state index is 0.186. The third-order valence-corrected chi connectivity index (χ3v) is 3.08. The molecule has 0 aromatic carbocycles. The van der Waals surface area contributed by atoms with Crippen molar-refractivity contribution in [2.45, 2.75) is 0 Å². The van der Waals surface area contributed by atoms with Gasteiger partial charge in [-0.3, -0.25) is 4.79 Å². The van der Waals surface area contributed by atoms with Crippen LogP contribution < -0.4 is 10.9 Å². The Balaban J connectivity index is 2.03. The van der Waals surface area contributed by atoms with E-state index < -0.39 is 0 Å². The van der Waals surface area contributed by atoms with Crippen LogP contribution in [0.4, 0.5) is 11.5 Å². The van der Waals surface area contributed by atoms with Crippen molar-refractivity contribution in [1.29, 1.82) is 0 Å². The van der Waals surface area contributed by atoms with Crippen LogP contribution in [0, 0.1) is 0 Å². The third kappa shape index (κ3) is 2.24. The largest absolute Gasteiger partial charge is 0.334 e. The van der Waals surface area contributed by atoms with Crippen molar-refractivity contribution >= 4 is 33.1 Å². The number of halogens is 1. The molecule has 0 saturated heterocycles. The predicted molar refractivity (Wildman–Crippen MR) is 75.7 cm³/mol. The first-order chi connectivity index (χ1) is 9.13. The zero-order chi connectivity index (χ0) is 13.4. The highest BCUT2D eigenvalue weighted by molar-refractivity contribution is 9.10. The molecule has 0 aliphatic heterocycles. The van der Waals surface area contributed by atoms with Crippen LogP contribution >= 0.6 is 15.9 Å². The van der Waals surface area contributed by atoms with E-state index in [1.807, 2.05) is 28.9 Å². The van der Waals surface area contributed by atoms with Gasteiger partial charge < -0.3 is 14.3 Å². The summed E-state index contributed by atoms with van der Waals surface area (Å²) in [5.74, 6) is 0.274. The van der Waals surface area contributed by atoms with Gasteiger partial charge in [-0.1, -0.05) is 0 Å². The lowest BCUT2D eigenvalue weighted by molar-refractivity contribution is 0.837. The monoisotopic (exact) mass is 319 g/mol. The van der Waals surface area contributed by atoms with E-state index in [9.17, 15) is 4.79 Å². The van der Waals surface area contributed by atoms with E-state index in [-0.39, 0.29) is 11.4 Å². The SMILES string of the molecule is Cn1cc(Br)nc(Nc2ccc3nccn3c2)c1=O. The first-order valence-corrected chi connectivity index (χ1v) is 6.36. The van der Waals surface area contributed by atoms with E-state index in [1.165, 1.54) is 4.57 Å². The Kier molecular flexibility index (Phi) is 2.83. The number of aryl methyl sites for hydroxylation is 1. The van der Waals surface area contributed by atoms with Gasteiger partial charge in [0.25, 0.3) is 5.56 Å². The molecule has 0 amide bonds. The van der Waals surface area contributed by atoms with Gasteiger partial charge >= 0.3 is 0 Å². The molecule has 96 valence electrons. The van der Waals surface area contributed by atoms with Gasteiger partial charge in [-0.05, 0) is 28.1 Å². The fraction of sp³-hybridized carbons (Fsp3) is 0.0833. The average Bonchev–Trinajstić information content (AvgIpc) is 2.82. The predicted octanol–water partition coefficient (Wildman–Crippen LogP) is 1.93. The second-order valence-corrected chi connectivity index (χ2v) is 4.88. The van der Waals surface area contributed by atoms with E-state index in [0.29, 0.717) is 4.60 Å². The molecule has 0 atom stereocenters. The number of hydrogen-bond donors (Lipinski definition) is 1. The van der Waals surface area contributed by atoms with E-state index in [4.69, 9.17) is 0 Å². The van der Waals surface area contributed by atoms with E-state index in [0.717, 1.165) is 11.3 Å². The van der Waals surface area contributed by atoms with Crippen LogP contribution in [0.15, 0.2) is 46.3 Å². The van der Waals surface area contributed by atoms with Crippen LogP contribution in [-0.2, 0) is 7.05 Å². The Morgan fingerprint density at radius 1 is 1.32 bits per heavy atom. The van der Waals surface area contributed by atoms with Crippen molar-refractivity contribution in [2.75, 3.05) is 5.32 Å². The lowest BCUT2D eigenvalue weighted by Gasteiger charge is -2.07. The Bertz CT molecular complexity index is 807. The molecule has 0 saturated carbocycles. The molecule has 0 bridgehead atoms. The minimum Gasteiger partial charge on any atom is -0.334 e. The second-order valence-electron chi connectivity index (χ2n) is 4.06. The number of rotatable bonds is 2. The number of hydrogen-bond acceptors (Lipinski definition) is 4. The van der Waals surface area contributed by atoms with Gasteiger partial charge in [0.05, 0.1) is 5.69 Å². The van der Waals surface area contributed by atoms with Crippen LogP contribution in [0.2, 0.25) is 0 Å². The fourth-order valence-corrected chi connectivity index (χ4v) is 2.27. The number of aromatic nitrogens is 4. The van der Waals surface area contributed by atoms with Crippen molar-refractivity contribution in [3.05, 3.63) is 51.9 Å². The quantitative estimate of drug-likeness (QED) is 0.784. The molecule has 0 aliphatic carbocycles. The van der Waals surface area contributed by atoms with Crippen molar-refractivity contribution in [3.63, 3.8) is 0 Å². The van der Waals surface area contributed by atoms with Gasteiger partial charge in [0.2, 0.25) is 0 Å². The maximum atomic E-state index is 11.9. The molecular weight excluding hydrogens is 310 g/mol. The minimum atomic E-state index is -0.186. The molecule has 0 aliphatic rings. The van der Waals surface area contributed by atoms with Crippen molar-refractivity contribution in [2.24, 2.45) is 7.05 Å². The molecule has 3 heterocycles. The number of nitrogens with zero attached hydrogens (tertiary/aromatic N) is 4. The standard InChI is InChI=1S/C12H10BrN5O/c1-17-7-9(13)16-11(12(17)19)15-8-2-3-10-14-4-5-18(10)6-8/h2-7H,1H3,(H,15,16). The number of nitrogens with one attached hydrogen (secondary N) is 1. The molecule has 6 nitrogen and oxygen atoms in total. The molecule has 3 aromatic heterocycles. The van der Waals surface area contributed by atoms with E-state index in [1.54, 1.807) is 19.4 Å². The molecule has 0 unspecified atom stereocenters. The lowest BCUT2D eigenvalue weighted by Crippen LogP contribution is -2.21. The molecule has 1 N–H and O–H groups in total. The third-order valence-electron chi connectivity index (χ3n) is 2.69. The molecule has 3 aromatic rings. The Hall–Kier alpha value is -2.15. The van der Waals surface area contributed by atoms with E-state index in [2.05, 4.69) is 31.2 Å². The Morgan fingerprint density at radius 2 is 2.16 bits per heavy atom. The van der Waals surface area contributed by atoms with Gasteiger partial charge in [-0.2, -0.15) is 0 Å². The highest BCUT2D eigenvalue weighted by Crippen LogP contribution is 2.14. The maximum Gasteiger partial charge on any atom is 0.293 e. The summed E-state index contributed by atoms with van der Waals surface area (Å²) in [5, 5.41) is 3.01. The summed E-state index contributed by atoms with van der Waals surface area (Å²) in [6.45, 7) is 0. The van der Waals surface area contributed by atoms with Crippen LogP contribution in [0.1, 0.15) is 0 Å². The first kappa shape index (κ1) is 11.9. The molecule has 0 spiro atoms. The second kappa shape index (κ2) is 4.51. The fourth-order valence-electron chi connectivity index (χ4n) is 1.78. The lowest BCUT2D eigenvalue weighted by atomic mass is 10.4. The summed E-state index contributed by atoms with van der Waals surface area (Å²) in [4.78, 5) is 20.2. The molecule has 3 rings (SSSR count). The highest BCUT2D eigenvalue weighted by Gasteiger charge is 2.06.